The molecule has 0 spiro atoms. The highest BCUT2D eigenvalue weighted by Gasteiger charge is 2.22. The molecule has 1 aromatic rings. The number of hydrogen-bond acceptors (Lipinski definition) is 3. The maximum atomic E-state index is 5.49. The Hall–Kier alpha value is -1.03. The summed E-state index contributed by atoms with van der Waals surface area (Å²) in [6, 6.07) is 0.659. The number of ether oxygens (including phenoxy) is 1. The number of nitrogens with zero attached hydrogens (tertiary/aromatic N) is 2. The Kier molecular flexibility index (Phi) is 4.42. The van der Waals surface area contributed by atoms with Crippen molar-refractivity contribution in [3.05, 3.63) is 11.9 Å². The van der Waals surface area contributed by atoms with Crippen LogP contribution in [0.5, 0.6) is 0 Å². The highest BCUT2D eigenvalue weighted by atomic mass is 16.5. The lowest BCUT2D eigenvalue weighted by Gasteiger charge is -2.09. The van der Waals surface area contributed by atoms with E-state index in [4.69, 9.17) is 4.74 Å². The van der Waals surface area contributed by atoms with Gasteiger partial charge in [0.05, 0.1) is 5.69 Å². The molecule has 0 atom stereocenters. The van der Waals surface area contributed by atoms with Gasteiger partial charge in [0.2, 0.25) is 5.95 Å². The summed E-state index contributed by atoms with van der Waals surface area (Å²) in [7, 11) is 0. The van der Waals surface area contributed by atoms with Gasteiger partial charge in [0.15, 0.2) is 0 Å². The van der Waals surface area contributed by atoms with Crippen molar-refractivity contribution in [3.8, 4) is 0 Å². The van der Waals surface area contributed by atoms with Crippen LogP contribution in [-0.4, -0.2) is 28.8 Å². The van der Waals surface area contributed by atoms with Crippen LogP contribution in [0.3, 0.4) is 0 Å². The third kappa shape index (κ3) is 4.04. The summed E-state index contributed by atoms with van der Waals surface area (Å²) in [6.07, 6.45) is 6.83. The first-order chi connectivity index (χ1) is 8.29. The number of aryl methyl sites for hydroxylation is 2. The van der Waals surface area contributed by atoms with Crippen LogP contribution < -0.4 is 5.32 Å². The van der Waals surface area contributed by atoms with Crippen molar-refractivity contribution in [1.29, 1.82) is 0 Å². The van der Waals surface area contributed by atoms with Crippen LogP contribution in [0.2, 0.25) is 0 Å². The molecule has 1 aliphatic rings. The van der Waals surface area contributed by atoms with Gasteiger partial charge >= 0.3 is 0 Å². The number of aromatic nitrogens is 2. The molecule has 0 aromatic carbocycles. The van der Waals surface area contributed by atoms with Crippen LogP contribution in [0.15, 0.2) is 6.20 Å². The first kappa shape index (κ1) is 12.4. The summed E-state index contributed by atoms with van der Waals surface area (Å²) in [5.74, 6) is 1.03. The molecule has 1 aliphatic carbocycles. The van der Waals surface area contributed by atoms with E-state index < -0.39 is 0 Å². The number of imidazole rings is 1. The molecular formula is C13H23N3O. The Bertz CT molecular complexity index is 344. The van der Waals surface area contributed by atoms with E-state index in [0.717, 1.165) is 44.2 Å². The zero-order valence-electron chi connectivity index (χ0n) is 10.9. The minimum Gasteiger partial charge on any atom is -0.381 e. The van der Waals surface area contributed by atoms with Crippen molar-refractivity contribution in [3.63, 3.8) is 0 Å². The fourth-order valence-corrected chi connectivity index (χ4v) is 1.83. The summed E-state index contributed by atoms with van der Waals surface area (Å²) in [5, 5.41) is 3.47. The van der Waals surface area contributed by atoms with Crippen molar-refractivity contribution < 1.29 is 4.74 Å². The second-order valence-electron chi connectivity index (χ2n) is 4.78. The largest absolute Gasteiger partial charge is 0.381 e. The third-order valence-electron chi connectivity index (χ3n) is 2.84. The normalized spacial score (nSPS) is 15.2. The number of nitrogens with one attached hydrogen (secondary N) is 1. The number of rotatable bonds is 8. The predicted molar refractivity (Wildman–Crippen MR) is 69.3 cm³/mol. The Morgan fingerprint density at radius 2 is 2.29 bits per heavy atom. The van der Waals surface area contributed by atoms with E-state index in [1.807, 2.05) is 6.92 Å². The maximum absolute atomic E-state index is 5.49. The van der Waals surface area contributed by atoms with Gasteiger partial charge in [-0.25, -0.2) is 4.98 Å². The van der Waals surface area contributed by atoms with Gasteiger partial charge < -0.3 is 14.6 Å². The molecule has 0 unspecified atom stereocenters. The van der Waals surface area contributed by atoms with Gasteiger partial charge in [0, 0.05) is 32.0 Å². The highest BCUT2D eigenvalue weighted by molar-refractivity contribution is 5.32. The minimum atomic E-state index is 0.659. The second-order valence-corrected chi connectivity index (χ2v) is 4.78. The van der Waals surface area contributed by atoms with Crippen molar-refractivity contribution >= 4 is 5.95 Å². The standard InChI is InChI=1S/C13H23N3O/c1-3-8-17-9-4-7-16-10-11(2)14-13(16)15-12-5-6-12/h10,12H,3-9H2,1-2H3,(H,14,15). The smallest absolute Gasteiger partial charge is 0.203 e. The quantitative estimate of drug-likeness (QED) is 0.706. The topological polar surface area (TPSA) is 39.1 Å². The minimum absolute atomic E-state index is 0.659. The van der Waals surface area contributed by atoms with Crippen LogP contribution in [0.1, 0.15) is 38.3 Å². The molecule has 0 amide bonds. The summed E-state index contributed by atoms with van der Waals surface area (Å²) < 4.78 is 7.70. The Balaban J connectivity index is 1.77. The molecule has 0 aliphatic heterocycles. The molecule has 0 saturated heterocycles. The molecule has 1 aromatic heterocycles. The van der Waals surface area contributed by atoms with Gasteiger partial charge in [-0.3, -0.25) is 0 Å². The van der Waals surface area contributed by atoms with Gasteiger partial charge in [-0.15, -0.1) is 0 Å². The van der Waals surface area contributed by atoms with Crippen LogP contribution in [-0.2, 0) is 11.3 Å². The summed E-state index contributed by atoms with van der Waals surface area (Å²) >= 11 is 0. The molecule has 1 heterocycles. The Morgan fingerprint density at radius 1 is 1.47 bits per heavy atom. The maximum Gasteiger partial charge on any atom is 0.203 e. The molecule has 2 rings (SSSR count). The predicted octanol–water partition coefficient (Wildman–Crippen LogP) is 2.58. The SMILES string of the molecule is CCCOCCCn1cc(C)nc1NC1CC1. The lowest BCUT2D eigenvalue weighted by molar-refractivity contribution is 0.129. The summed E-state index contributed by atoms with van der Waals surface area (Å²) in [5.41, 5.74) is 1.09. The van der Waals surface area contributed by atoms with Gasteiger partial charge in [-0.2, -0.15) is 0 Å². The average Bonchev–Trinajstić information content (AvgIpc) is 3.03. The zero-order chi connectivity index (χ0) is 12.1. The van der Waals surface area contributed by atoms with E-state index in [-0.39, 0.29) is 0 Å². The molecule has 96 valence electrons. The first-order valence-corrected chi connectivity index (χ1v) is 6.67. The lowest BCUT2D eigenvalue weighted by Crippen LogP contribution is -2.10. The van der Waals surface area contributed by atoms with E-state index >= 15 is 0 Å². The van der Waals surface area contributed by atoms with E-state index in [9.17, 15) is 0 Å². The summed E-state index contributed by atoms with van der Waals surface area (Å²) in [4.78, 5) is 4.52. The van der Waals surface area contributed by atoms with E-state index in [1.54, 1.807) is 0 Å². The molecule has 1 N–H and O–H groups in total. The molecule has 1 saturated carbocycles. The first-order valence-electron chi connectivity index (χ1n) is 6.67. The average molecular weight is 237 g/mol. The van der Waals surface area contributed by atoms with Crippen molar-refractivity contribution in [2.45, 2.75) is 52.1 Å². The monoisotopic (exact) mass is 237 g/mol. The number of hydrogen-bond donors (Lipinski definition) is 1. The van der Waals surface area contributed by atoms with Gasteiger partial charge in [0.1, 0.15) is 0 Å². The Labute approximate surface area is 103 Å². The van der Waals surface area contributed by atoms with E-state index in [2.05, 4.69) is 28.0 Å². The van der Waals surface area contributed by atoms with Crippen LogP contribution >= 0.6 is 0 Å². The lowest BCUT2D eigenvalue weighted by atomic mass is 10.4. The zero-order valence-corrected chi connectivity index (χ0v) is 10.9. The van der Waals surface area contributed by atoms with Crippen molar-refractivity contribution in [1.82, 2.24) is 9.55 Å². The Morgan fingerprint density at radius 3 is 3.00 bits per heavy atom. The molecule has 0 bridgehead atoms. The molecule has 4 heteroatoms. The fourth-order valence-electron chi connectivity index (χ4n) is 1.83. The molecule has 4 nitrogen and oxygen atoms in total. The molecule has 17 heavy (non-hydrogen) atoms. The molecule has 0 radical (unpaired) electrons. The van der Waals surface area contributed by atoms with Crippen molar-refractivity contribution in [2.75, 3.05) is 18.5 Å². The third-order valence-corrected chi connectivity index (χ3v) is 2.84. The van der Waals surface area contributed by atoms with Crippen LogP contribution in [0.4, 0.5) is 5.95 Å². The van der Waals surface area contributed by atoms with Crippen molar-refractivity contribution in [2.24, 2.45) is 0 Å². The van der Waals surface area contributed by atoms with E-state index in [1.165, 1.54) is 12.8 Å². The van der Waals surface area contributed by atoms with Gasteiger partial charge in [0.25, 0.3) is 0 Å². The van der Waals surface area contributed by atoms with Gasteiger partial charge in [-0.05, 0) is 32.6 Å². The second kappa shape index (κ2) is 6.05. The number of anilines is 1. The molecule has 1 fully saturated rings. The molecular weight excluding hydrogens is 214 g/mol. The van der Waals surface area contributed by atoms with Gasteiger partial charge in [-0.1, -0.05) is 6.92 Å². The van der Waals surface area contributed by atoms with Crippen LogP contribution in [0.25, 0.3) is 0 Å². The van der Waals surface area contributed by atoms with E-state index in [0.29, 0.717) is 6.04 Å². The summed E-state index contributed by atoms with van der Waals surface area (Å²) in [6.45, 7) is 6.88. The van der Waals surface area contributed by atoms with Crippen LogP contribution in [0, 0.1) is 6.92 Å². The highest BCUT2D eigenvalue weighted by Crippen LogP contribution is 2.24. The fraction of sp³-hybridized carbons (Fsp3) is 0.769.